The number of benzene rings is 1. The molecule has 1 heterocycles. The molecular weight excluding hydrogens is 329 g/mol. The van der Waals surface area contributed by atoms with Crippen LogP contribution in [0.3, 0.4) is 0 Å². The van der Waals surface area contributed by atoms with Gasteiger partial charge in [0, 0.05) is 5.02 Å². The quantitative estimate of drug-likeness (QED) is 0.904. The Kier molecular flexibility index (Phi) is 3.71. The summed E-state index contributed by atoms with van der Waals surface area (Å²) in [7, 11) is 0. The number of nitrogens with zero attached hydrogens (tertiary/aromatic N) is 2. The zero-order valence-corrected chi connectivity index (χ0v) is 11.4. The topological polar surface area (TPSA) is 61.0 Å². The van der Waals surface area contributed by atoms with E-state index in [0.717, 1.165) is 0 Å². The van der Waals surface area contributed by atoms with E-state index in [1.54, 1.807) is 18.2 Å². The Bertz CT molecular complexity index is 565. The van der Waals surface area contributed by atoms with Crippen LogP contribution >= 0.6 is 39.1 Å². The first-order chi connectivity index (χ1) is 8.06. The minimum absolute atomic E-state index is 0.0921. The summed E-state index contributed by atoms with van der Waals surface area (Å²) in [6.07, 6.45) is 1.38. The number of nitrogens with two attached hydrogens (primary N) is 1. The summed E-state index contributed by atoms with van der Waals surface area (Å²) in [5.41, 5.74) is 5.45. The maximum absolute atomic E-state index is 5.88. The zero-order chi connectivity index (χ0) is 12.4. The van der Waals surface area contributed by atoms with Crippen molar-refractivity contribution in [3.8, 4) is 11.6 Å². The average Bonchev–Trinajstić information content (AvgIpc) is 2.27. The van der Waals surface area contributed by atoms with E-state index in [-0.39, 0.29) is 16.9 Å². The minimum Gasteiger partial charge on any atom is -0.436 e. The molecule has 0 atom stereocenters. The fraction of sp³-hybridized carbons (Fsp3) is 0. The fourth-order valence-electron chi connectivity index (χ4n) is 1.10. The van der Waals surface area contributed by atoms with Gasteiger partial charge in [-0.25, -0.2) is 4.98 Å². The lowest BCUT2D eigenvalue weighted by atomic mass is 10.3. The number of rotatable bonds is 2. The highest BCUT2D eigenvalue weighted by molar-refractivity contribution is 9.10. The van der Waals surface area contributed by atoms with Crippen molar-refractivity contribution in [2.24, 2.45) is 0 Å². The Balaban J connectivity index is 2.34. The number of anilines is 1. The van der Waals surface area contributed by atoms with Crippen molar-refractivity contribution in [1.82, 2.24) is 9.97 Å². The first-order valence-electron chi connectivity index (χ1n) is 4.47. The molecule has 0 saturated heterocycles. The molecule has 0 aliphatic carbocycles. The Morgan fingerprint density at radius 1 is 1.29 bits per heavy atom. The van der Waals surface area contributed by atoms with Crippen LogP contribution in [0.2, 0.25) is 10.0 Å². The second kappa shape index (κ2) is 5.08. The molecule has 1 aromatic heterocycles. The molecule has 4 nitrogen and oxygen atoms in total. The minimum atomic E-state index is 0.0921. The molecule has 0 amide bonds. The smallest absolute Gasteiger partial charge is 0.243 e. The van der Waals surface area contributed by atoms with Gasteiger partial charge < -0.3 is 10.5 Å². The largest absolute Gasteiger partial charge is 0.436 e. The van der Waals surface area contributed by atoms with Gasteiger partial charge in [0.25, 0.3) is 0 Å². The summed E-state index contributed by atoms with van der Waals surface area (Å²) in [5.74, 6) is 0.825. The predicted molar refractivity (Wildman–Crippen MR) is 70.7 cm³/mol. The Hall–Kier alpha value is -1.04. The third kappa shape index (κ3) is 3.00. The first kappa shape index (κ1) is 12.4. The van der Waals surface area contributed by atoms with Gasteiger partial charge in [-0.05, 0) is 34.1 Å². The van der Waals surface area contributed by atoms with Crippen molar-refractivity contribution in [3.05, 3.63) is 38.9 Å². The summed E-state index contributed by atoms with van der Waals surface area (Å²) in [5, 5.41) is 0.874. The van der Waals surface area contributed by atoms with Crippen molar-refractivity contribution in [3.63, 3.8) is 0 Å². The van der Waals surface area contributed by atoms with Crippen LogP contribution in [-0.4, -0.2) is 9.97 Å². The molecule has 0 spiro atoms. The number of halogens is 3. The van der Waals surface area contributed by atoms with Crippen molar-refractivity contribution < 1.29 is 4.74 Å². The second-order valence-electron chi connectivity index (χ2n) is 3.06. The second-order valence-corrected chi connectivity index (χ2v) is 4.76. The van der Waals surface area contributed by atoms with Crippen LogP contribution in [0.5, 0.6) is 11.6 Å². The van der Waals surface area contributed by atoms with E-state index >= 15 is 0 Å². The van der Waals surface area contributed by atoms with E-state index in [1.807, 2.05) is 0 Å². The molecule has 0 unspecified atom stereocenters. The van der Waals surface area contributed by atoms with Gasteiger partial charge in [-0.2, -0.15) is 4.98 Å². The molecule has 0 bridgehead atoms. The van der Waals surface area contributed by atoms with Gasteiger partial charge in [0.1, 0.15) is 10.8 Å². The molecule has 88 valence electrons. The molecular formula is C10H6BrCl2N3O. The highest BCUT2D eigenvalue weighted by Gasteiger charge is 2.09. The van der Waals surface area contributed by atoms with E-state index in [2.05, 4.69) is 25.9 Å². The Labute approximate surface area is 116 Å². The van der Waals surface area contributed by atoms with Crippen LogP contribution in [0, 0.1) is 0 Å². The lowest BCUT2D eigenvalue weighted by Gasteiger charge is -2.08. The van der Waals surface area contributed by atoms with Crippen LogP contribution in [-0.2, 0) is 0 Å². The molecule has 0 aliphatic rings. The first-order valence-corrected chi connectivity index (χ1v) is 6.02. The number of nitrogen functional groups attached to an aromatic ring is 1. The zero-order valence-electron chi connectivity index (χ0n) is 8.32. The van der Waals surface area contributed by atoms with Crippen LogP contribution in [0.4, 0.5) is 5.95 Å². The summed E-state index contributed by atoms with van der Waals surface area (Å²) in [6, 6.07) is 5.09. The van der Waals surface area contributed by atoms with Crippen LogP contribution in [0.25, 0.3) is 0 Å². The highest BCUT2D eigenvalue weighted by Crippen LogP contribution is 2.33. The monoisotopic (exact) mass is 333 g/mol. The van der Waals surface area contributed by atoms with Gasteiger partial charge in [0.2, 0.25) is 11.8 Å². The maximum atomic E-state index is 5.88. The van der Waals surface area contributed by atoms with Gasteiger partial charge in [0.05, 0.1) is 10.7 Å². The average molecular weight is 335 g/mol. The molecule has 1 aromatic carbocycles. The summed E-state index contributed by atoms with van der Waals surface area (Å²) in [4.78, 5) is 7.63. The molecule has 2 aromatic rings. The molecule has 0 saturated carbocycles. The van der Waals surface area contributed by atoms with E-state index in [4.69, 9.17) is 33.7 Å². The molecule has 0 aliphatic heterocycles. The molecule has 0 radical (unpaired) electrons. The van der Waals surface area contributed by atoms with Crippen molar-refractivity contribution in [2.45, 2.75) is 0 Å². The summed E-state index contributed by atoms with van der Waals surface area (Å²) < 4.78 is 6.20. The Morgan fingerprint density at radius 3 is 2.76 bits per heavy atom. The fourth-order valence-corrected chi connectivity index (χ4v) is 1.99. The van der Waals surface area contributed by atoms with Crippen molar-refractivity contribution >= 4 is 45.1 Å². The van der Waals surface area contributed by atoms with Crippen LogP contribution in [0.1, 0.15) is 0 Å². The molecule has 2 rings (SSSR count). The van der Waals surface area contributed by atoms with E-state index in [0.29, 0.717) is 15.2 Å². The highest BCUT2D eigenvalue weighted by atomic mass is 79.9. The number of aromatic nitrogens is 2. The Morgan fingerprint density at radius 2 is 2.06 bits per heavy atom. The molecule has 2 N–H and O–H groups in total. The van der Waals surface area contributed by atoms with Crippen LogP contribution in [0.15, 0.2) is 28.9 Å². The van der Waals surface area contributed by atoms with E-state index < -0.39 is 0 Å². The number of hydrogen-bond donors (Lipinski definition) is 1. The molecule has 7 heteroatoms. The summed E-state index contributed by atoms with van der Waals surface area (Å²) in [6.45, 7) is 0. The maximum Gasteiger partial charge on any atom is 0.243 e. The van der Waals surface area contributed by atoms with Gasteiger partial charge >= 0.3 is 0 Å². The van der Waals surface area contributed by atoms with Gasteiger partial charge in [-0.1, -0.05) is 23.2 Å². The summed E-state index contributed by atoms with van der Waals surface area (Å²) >= 11 is 15.0. The van der Waals surface area contributed by atoms with Gasteiger partial charge in [-0.15, -0.1) is 0 Å². The lowest BCUT2D eigenvalue weighted by Crippen LogP contribution is -1.97. The van der Waals surface area contributed by atoms with E-state index in [1.165, 1.54) is 6.20 Å². The molecule has 0 fully saturated rings. The van der Waals surface area contributed by atoms with Crippen LogP contribution < -0.4 is 10.5 Å². The third-order valence-corrected chi connectivity index (χ3v) is 2.95. The number of hydrogen-bond acceptors (Lipinski definition) is 4. The third-order valence-electron chi connectivity index (χ3n) is 1.83. The standard InChI is InChI=1S/C10H6BrCl2N3O/c11-6-3-5(12)1-2-8(6)17-9-7(13)4-15-10(14)16-9/h1-4H,(H2,14,15,16). The normalized spacial score (nSPS) is 10.3. The van der Waals surface area contributed by atoms with Gasteiger partial charge in [0.15, 0.2) is 0 Å². The van der Waals surface area contributed by atoms with Crippen molar-refractivity contribution in [1.29, 1.82) is 0 Å². The SMILES string of the molecule is Nc1ncc(Cl)c(Oc2ccc(Cl)cc2Br)n1. The molecule has 17 heavy (non-hydrogen) atoms. The van der Waals surface area contributed by atoms with Gasteiger partial charge in [-0.3, -0.25) is 0 Å². The number of ether oxygens (including phenoxy) is 1. The lowest BCUT2D eigenvalue weighted by molar-refractivity contribution is 0.460. The van der Waals surface area contributed by atoms with E-state index in [9.17, 15) is 0 Å². The van der Waals surface area contributed by atoms with Crippen molar-refractivity contribution in [2.75, 3.05) is 5.73 Å². The predicted octanol–water partition coefficient (Wildman–Crippen LogP) is 3.92.